The van der Waals surface area contributed by atoms with Crippen LogP contribution in [0.15, 0.2) is 43.0 Å². The second-order valence-corrected chi connectivity index (χ2v) is 13.8. The third-order valence-corrected chi connectivity index (χ3v) is 7.14. The monoisotopic (exact) mass is 733 g/mol. The maximum Gasteiger partial charge on any atom is 0.142 e. The van der Waals surface area contributed by atoms with Gasteiger partial charge in [0.2, 0.25) is 0 Å². The predicted octanol–water partition coefficient (Wildman–Crippen LogP) is 15.8. The van der Waals surface area contributed by atoms with Crippen LogP contribution in [0.2, 0.25) is 0 Å². The lowest BCUT2D eigenvalue weighted by Crippen LogP contribution is -1.95. The van der Waals surface area contributed by atoms with Gasteiger partial charge in [0, 0.05) is 34.1 Å². The molecule has 0 amide bonds. The molecule has 4 aromatic rings. The Morgan fingerprint density at radius 2 is 0.596 bits per heavy atom. The second kappa shape index (κ2) is 32.5. The van der Waals surface area contributed by atoms with Gasteiger partial charge in [-0.25, -0.2) is 0 Å². The van der Waals surface area contributed by atoms with E-state index in [1.54, 1.807) is 12.5 Å². The number of nitrogens with zero attached hydrogens (tertiary/aromatic N) is 4. The van der Waals surface area contributed by atoms with Crippen molar-refractivity contribution in [2.24, 2.45) is 0 Å². The molecule has 0 aliphatic carbocycles. The van der Waals surface area contributed by atoms with Crippen molar-refractivity contribution in [2.45, 2.75) is 214 Å². The molecule has 0 saturated carbocycles. The van der Waals surface area contributed by atoms with E-state index in [-0.39, 0.29) is 0 Å². The number of hydrogen-bond donors (Lipinski definition) is 0. The van der Waals surface area contributed by atoms with E-state index in [0.29, 0.717) is 47.3 Å². The Balaban J connectivity index is -0.000000277. The van der Waals surface area contributed by atoms with E-state index in [1.807, 2.05) is 67.8 Å². The highest BCUT2D eigenvalue weighted by Crippen LogP contribution is 2.27. The van der Waals surface area contributed by atoms with Gasteiger partial charge >= 0.3 is 0 Å². The Bertz CT molecular complexity index is 1010. The van der Waals surface area contributed by atoms with Crippen LogP contribution in [0.1, 0.15) is 259 Å². The highest BCUT2D eigenvalue weighted by Gasteiger charge is 2.16. The van der Waals surface area contributed by atoms with Crippen LogP contribution in [0.25, 0.3) is 0 Å². The third kappa shape index (κ3) is 20.8. The smallest absolute Gasteiger partial charge is 0.142 e. The summed E-state index contributed by atoms with van der Waals surface area (Å²) in [6.45, 7) is 50.2. The number of rotatable bonds is 8. The van der Waals surface area contributed by atoms with Crippen LogP contribution in [0.4, 0.5) is 0 Å². The SMILES string of the molecule is CC.CC.CC.CC.CC(C)c1cnoc1C(C)C.CC(C)c1cnoc1C(C)C.CC(C)c1conc1C(C)C.CC(C)c1conc1C(C)C. The highest BCUT2D eigenvalue weighted by atomic mass is 16.5. The van der Waals surface area contributed by atoms with E-state index in [4.69, 9.17) is 18.1 Å². The Morgan fingerprint density at radius 1 is 0.346 bits per heavy atom. The van der Waals surface area contributed by atoms with Crippen molar-refractivity contribution in [3.63, 3.8) is 0 Å². The molecule has 4 rings (SSSR count). The minimum absolute atomic E-state index is 0.440. The quantitative estimate of drug-likeness (QED) is 0.176. The van der Waals surface area contributed by atoms with Crippen molar-refractivity contribution >= 4 is 0 Å². The van der Waals surface area contributed by atoms with Gasteiger partial charge in [0.05, 0.1) is 23.8 Å². The van der Waals surface area contributed by atoms with Crippen LogP contribution in [0, 0.1) is 0 Å². The second-order valence-electron chi connectivity index (χ2n) is 13.8. The summed E-state index contributed by atoms with van der Waals surface area (Å²) in [5.41, 5.74) is 7.14. The molecule has 0 unspecified atom stereocenters. The first kappa shape index (κ1) is 55.6. The van der Waals surface area contributed by atoms with Crippen molar-refractivity contribution in [3.05, 3.63) is 70.1 Å². The summed E-state index contributed by atoms with van der Waals surface area (Å²) in [6, 6.07) is 0. The Morgan fingerprint density at radius 3 is 0.750 bits per heavy atom. The molecule has 0 radical (unpaired) electrons. The van der Waals surface area contributed by atoms with Crippen LogP contribution in [-0.2, 0) is 0 Å². The topological polar surface area (TPSA) is 104 Å². The zero-order valence-corrected chi connectivity index (χ0v) is 38.4. The molecule has 0 saturated heterocycles. The minimum Gasteiger partial charge on any atom is -0.364 e. The minimum atomic E-state index is 0.440. The zero-order chi connectivity index (χ0) is 41.7. The average Bonchev–Trinajstić information content (AvgIpc) is 3.95. The molecule has 304 valence electrons. The molecule has 52 heavy (non-hydrogen) atoms. The molecular formula is C44H84N4O4. The molecule has 0 aromatic carbocycles. The molecule has 0 atom stereocenters. The summed E-state index contributed by atoms with van der Waals surface area (Å²) in [7, 11) is 0. The highest BCUT2D eigenvalue weighted by molar-refractivity contribution is 5.22. The van der Waals surface area contributed by atoms with Crippen LogP contribution in [0.5, 0.6) is 0 Å². The lowest BCUT2D eigenvalue weighted by atomic mass is 9.98. The van der Waals surface area contributed by atoms with Crippen molar-refractivity contribution in [1.82, 2.24) is 20.6 Å². The van der Waals surface area contributed by atoms with E-state index in [9.17, 15) is 0 Å². The normalized spacial score (nSPS) is 10.2. The molecule has 0 N–H and O–H groups in total. The standard InChI is InChI=1S/4C9H15NO.4C2H6/c2*1-6(2)8-5-11-10-9(8)7(3)4;2*1-6(2)8-5-10-11-9(8)7(3)4;4*1-2/h4*5-7H,1-4H3;4*1-2H3. The van der Waals surface area contributed by atoms with Crippen molar-refractivity contribution in [2.75, 3.05) is 0 Å². The predicted molar refractivity (Wildman–Crippen MR) is 224 cm³/mol. The van der Waals surface area contributed by atoms with Gasteiger partial charge in [-0.2, -0.15) is 0 Å². The molecule has 0 fully saturated rings. The summed E-state index contributed by atoms with van der Waals surface area (Å²) in [5, 5.41) is 15.5. The summed E-state index contributed by atoms with van der Waals surface area (Å²) in [4.78, 5) is 0. The van der Waals surface area contributed by atoms with E-state index < -0.39 is 0 Å². The average molecular weight is 733 g/mol. The fraction of sp³-hybridized carbons (Fsp3) is 0.727. The maximum absolute atomic E-state index is 5.14. The van der Waals surface area contributed by atoms with Gasteiger partial charge < -0.3 is 18.1 Å². The largest absolute Gasteiger partial charge is 0.364 e. The van der Waals surface area contributed by atoms with Crippen LogP contribution < -0.4 is 0 Å². The molecule has 8 heteroatoms. The first-order valence-electron chi connectivity index (χ1n) is 20.3. The van der Waals surface area contributed by atoms with Gasteiger partial charge in [0.25, 0.3) is 0 Å². The first-order valence-corrected chi connectivity index (χ1v) is 20.3. The lowest BCUT2D eigenvalue weighted by molar-refractivity contribution is 0.368. The summed E-state index contributed by atoms with van der Waals surface area (Å²) < 4.78 is 20.1. The van der Waals surface area contributed by atoms with Gasteiger partial charge in [-0.3, -0.25) is 0 Å². The van der Waals surface area contributed by atoms with E-state index in [2.05, 4.69) is 131 Å². The van der Waals surface area contributed by atoms with Gasteiger partial charge in [-0.15, -0.1) is 0 Å². The van der Waals surface area contributed by atoms with E-state index in [0.717, 1.165) is 22.9 Å². The molecule has 4 aromatic heterocycles. The maximum atomic E-state index is 5.14. The molecule has 8 nitrogen and oxygen atoms in total. The van der Waals surface area contributed by atoms with Gasteiger partial charge in [-0.05, 0) is 35.5 Å². The van der Waals surface area contributed by atoms with Crippen molar-refractivity contribution < 1.29 is 18.1 Å². The Kier molecular flexibility index (Phi) is 34.7. The summed E-state index contributed by atoms with van der Waals surface area (Å²) in [5.74, 6) is 5.91. The molecule has 0 spiro atoms. The summed E-state index contributed by atoms with van der Waals surface area (Å²) in [6.07, 6.45) is 7.14. The van der Waals surface area contributed by atoms with Crippen LogP contribution in [-0.4, -0.2) is 20.6 Å². The zero-order valence-electron chi connectivity index (χ0n) is 38.4. The van der Waals surface area contributed by atoms with Crippen LogP contribution >= 0.6 is 0 Å². The number of aromatic nitrogens is 4. The molecule has 4 heterocycles. The van der Waals surface area contributed by atoms with Gasteiger partial charge in [0.1, 0.15) is 24.0 Å². The lowest BCUT2D eigenvalue weighted by Gasteiger charge is -2.05. The fourth-order valence-electron chi connectivity index (χ4n) is 4.50. The number of hydrogen-bond acceptors (Lipinski definition) is 8. The van der Waals surface area contributed by atoms with Crippen LogP contribution in [0.3, 0.4) is 0 Å². The molecule has 0 bridgehead atoms. The molecule has 0 aliphatic heterocycles. The molecule has 0 aliphatic rings. The first-order chi connectivity index (χ1) is 24.5. The van der Waals surface area contributed by atoms with E-state index >= 15 is 0 Å². The third-order valence-electron chi connectivity index (χ3n) is 7.14. The van der Waals surface area contributed by atoms with Crippen molar-refractivity contribution in [1.29, 1.82) is 0 Å². The summed E-state index contributed by atoms with van der Waals surface area (Å²) >= 11 is 0. The fourth-order valence-corrected chi connectivity index (χ4v) is 4.50. The Labute approximate surface area is 321 Å². The molecular weight excluding hydrogens is 649 g/mol. The van der Waals surface area contributed by atoms with Crippen molar-refractivity contribution in [3.8, 4) is 0 Å². The Hall–Kier alpha value is -3.16. The van der Waals surface area contributed by atoms with Gasteiger partial charge in [0.15, 0.2) is 0 Å². The van der Waals surface area contributed by atoms with E-state index in [1.165, 1.54) is 22.3 Å². The van der Waals surface area contributed by atoms with Gasteiger partial charge in [-0.1, -0.05) is 187 Å².